The molecule has 0 spiro atoms. The number of hydrogen-bond acceptors (Lipinski definition) is 4. The van der Waals surface area contributed by atoms with E-state index in [4.69, 9.17) is 12.6 Å². The van der Waals surface area contributed by atoms with E-state index in [1.165, 1.54) is 129 Å². The summed E-state index contributed by atoms with van der Waals surface area (Å²) in [5, 5.41) is 8.92. The first-order chi connectivity index (χ1) is 21.2. The fourth-order valence-electron chi connectivity index (χ4n) is 11.4. The molecule has 7 unspecified atom stereocenters. The molecule has 2 saturated heterocycles. The number of hydrogen-bond donors (Lipinski definition) is 3. The minimum Gasteiger partial charge on any atom is -0.294 e. The van der Waals surface area contributed by atoms with Crippen LogP contribution in [0.4, 0.5) is 0 Å². The normalized spacial score (nSPS) is 45.3. The smallest absolute Gasteiger partial charge is 0.111 e. The van der Waals surface area contributed by atoms with Crippen LogP contribution in [0.1, 0.15) is 122 Å². The second-order valence-electron chi connectivity index (χ2n) is 16.0. The van der Waals surface area contributed by atoms with Crippen LogP contribution in [0.5, 0.6) is 0 Å². The summed E-state index contributed by atoms with van der Waals surface area (Å²) in [5.74, 6) is 4.15. The van der Waals surface area contributed by atoms with Crippen LogP contribution >= 0.6 is 12.6 Å². The van der Waals surface area contributed by atoms with E-state index in [0.29, 0.717) is 23.4 Å². The van der Waals surface area contributed by atoms with Gasteiger partial charge in [0, 0.05) is 41.9 Å². The largest absolute Gasteiger partial charge is 0.294 e. The first-order valence-electron chi connectivity index (χ1n) is 18.9. The Labute approximate surface area is 268 Å². The maximum atomic E-state index is 5.14. The van der Waals surface area contributed by atoms with E-state index in [0.717, 1.165) is 35.6 Å². The van der Waals surface area contributed by atoms with E-state index in [-0.39, 0.29) is 5.66 Å². The summed E-state index contributed by atoms with van der Waals surface area (Å²) in [6, 6.07) is 2.74. The van der Waals surface area contributed by atoms with Crippen molar-refractivity contribution in [2.45, 2.75) is 157 Å². The third kappa shape index (κ3) is 5.72. The Bertz CT molecular complexity index is 1110. The molecule has 0 aromatic carbocycles. The van der Waals surface area contributed by atoms with Crippen LogP contribution in [0.3, 0.4) is 0 Å². The summed E-state index contributed by atoms with van der Waals surface area (Å²) in [4.78, 5) is 3.10. The molecule has 3 saturated carbocycles. The average molecular weight is 602 g/mol. The Kier molecular flexibility index (Phi) is 8.78. The lowest BCUT2D eigenvalue weighted by Crippen LogP contribution is -2.49. The van der Waals surface area contributed by atoms with Gasteiger partial charge in [-0.05, 0) is 119 Å². The van der Waals surface area contributed by atoms with Crippen LogP contribution in [-0.2, 0) is 0 Å². The lowest BCUT2D eigenvalue weighted by Gasteiger charge is -2.44. The fraction of sp³-hybridized carbons (Fsp3) is 0.795. The van der Waals surface area contributed by atoms with E-state index in [1.54, 1.807) is 5.57 Å². The van der Waals surface area contributed by atoms with E-state index in [2.05, 4.69) is 52.0 Å². The van der Waals surface area contributed by atoms with Crippen molar-refractivity contribution in [3.8, 4) is 0 Å². The van der Waals surface area contributed by atoms with Crippen LogP contribution in [-0.4, -0.2) is 46.5 Å². The average Bonchev–Trinajstić information content (AvgIpc) is 3.72. The van der Waals surface area contributed by atoms with Gasteiger partial charge in [-0.1, -0.05) is 74.1 Å². The molecule has 2 N–H and O–H groups in total. The zero-order valence-corrected chi connectivity index (χ0v) is 27.7. The van der Waals surface area contributed by atoms with Crippen molar-refractivity contribution in [2.24, 2.45) is 29.6 Å². The molecule has 3 nitrogen and oxygen atoms in total. The Morgan fingerprint density at radius 2 is 1.67 bits per heavy atom. The Morgan fingerprint density at radius 3 is 2.49 bits per heavy atom. The lowest BCUT2D eigenvalue weighted by atomic mass is 9.71. The van der Waals surface area contributed by atoms with Crippen LogP contribution in [0, 0.1) is 29.6 Å². The molecule has 236 valence electrons. The molecule has 0 radical (unpaired) electrons. The molecule has 5 fully saturated rings. The van der Waals surface area contributed by atoms with Gasteiger partial charge in [-0.3, -0.25) is 15.5 Å². The molecule has 0 amide bonds. The summed E-state index contributed by atoms with van der Waals surface area (Å²) in [6.07, 6.45) is 41.5. The molecule has 0 aromatic rings. The zero-order valence-electron chi connectivity index (χ0n) is 26.8. The van der Waals surface area contributed by atoms with Crippen molar-refractivity contribution in [1.82, 2.24) is 15.5 Å². The van der Waals surface area contributed by atoms with E-state index in [9.17, 15) is 0 Å². The van der Waals surface area contributed by atoms with Crippen molar-refractivity contribution < 1.29 is 0 Å². The maximum absolute atomic E-state index is 5.14. The summed E-state index contributed by atoms with van der Waals surface area (Å²) >= 11 is 5.14. The van der Waals surface area contributed by atoms with Gasteiger partial charge in [0.1, 0.15) is 5.66 Å². The van der Waals surface area contributed by atoms with Gasteiger partial charge in [0.15, 0.2) is 0 Å². The highest BCUT2D eigenvalue weighted by Gasteiger charge is 2.59. The van der Waals surface area contributed by atoms with Gasteiger partial charge >= 0.3 is 0 Å². The molecular formula is C39H59N3S. The Hall–Kier alpha value is -0.810. The van der Waals surface area contributed by atoms with Gasteiger partial charge in [-0.15, -0.1) is 0 Å². The third-order valence-electron chi connectivity index (χ3n) is 13.7. The number of rotatable bonds is 7. The van der Waals surface area contributed by atoms with Gasteiger partial charge in [0.05, 0.1) is 0 Å². The highest BCUT2D eigenvalue weighted by atomic mass is 32.1. The van der Waals surface area contributed by atoms with Crippen LogP contribution in [0.15, 0.2) is 47.6 Å². The molecule has 8 atom stereocenters. The highest BCUT2D eigenvalue weighted by molar-refractivity contribution is 7.81. The zero-order chi connectivity index (χ0) is 28.8. The fourth-order valence-corrected chi connectivity index (χ4v) is 12.0. The highest BCUT2D eigenvalue weighted by Crippen LogP contribution is 2.52. The van der Waals surface area contributed by atoms with Gasteiger partial charge in [0.25, 0.3) is 0 Å². The van der Waals surface area contributed by atoms with Crippen LogP contribution < -0.4 is 10.6 Å². The first kappa shape index (κ1) is 29.6. The monoisotopic (exact) mass is 601 g/mol. The summed E-state index contributed by atoms with van der Waals surface area (Å²) in [7, 11) is 0. The minimum absolute atomic E-state index is 0.0482. The molecule has 4 heteroatoms. The molecule has 0 bridgehead atoms. The van der Waals surface area contributed by atoms with Gasteiger partial charge in [-0.25, -0.2) is 0 Å². The van der Waals surface area contributed by atoms with Gasteiger partial charge in [-0.2, -0.15) is 12.6 Å². The summed E-state index contributed by atoms with van der Waals surface area (Å²) < 4.78 is 0. The minimum atomic E-state index is 0.0482. The van der Waals surface area contributed by atoms with E-state index >= 15 is 0 Å². The molecule has 43 heavy (non-hydrogen) atoms. The van der Waals surface area contributed by atoms with Crippen LogP contribution in [0.2, 0.25) is 0 Å². The number of fused-ring (bicyclic) bond motifs is 3. The topological polar surface area (TPSA) is 37.2 Å². The number of thiol groups is 1. The Morgan fingerprint density at radius 1 is 0.837 bits per heavy atom. The first-order valence-corrected chi connectivity index (χ1v) is 19.4. The summed E-state index contributed by atoms with van der Waals surface area (Å²) in [6.45, 7) is 1.19. The third-order valence-corrected chi connectivity index (χ3v) is 14.4. The molecule has 8 rings (SSSR count). The van der Waals surface area contributed by atoms with E-state index < -0.39 is 0 Å². The molecule has 2 heterocycles. The second kappa shape index (κ2) is 12.8. The number of nitrogens with one attached hydrogen (secondary N) is 2. The SMILES string of the molecule is SC1CCCCC1C1CC=C2C3CCC=CC3N(C3CCC(C4N[C@]4(NCC4CCCCC4)C4=CCCC=C4)CC3)C2C1. The van der Waals surface area contributed by atoms with Crippen molar-refractivity contribution in [1.29, 1.82) is 0 Å². The maximum Gasteiger partial charge on any atom is 0.111 e. The molecular weight excluding hydrogens is 543 g/mol. The summed E-state index contributed by atoms with van der Waals surface area (Å²) in [5.41, 5.74) is 3.45. The van der Waals surface area contributed by atoms with E-state index in [1.807, 2.05) is 5.57 Å². The van der Waals surface area contributed by atoms with Crippen molar-refractivity contribution in [3.63, 3.8) is 0 Å². The predicted molar refractivity (Wildman–Crippen MR) is 183 cm³/mol. The van der Waals surface area contributed by atoms with Crippen molar-refractivity contribution in [3.05, 3.63) is 47.6 Å². The number of allylic oxidation sites excluding steroid dienone is 4. The lowest BCUT2D eigenvalue weighted by molar-refractivity contribution is 0.0765. The second-order valence-corrected chi connectivity index (χ2v) is 16.7. The quantitative estimate of drug-likeness (QED) is 0.156. The van der Waals surface area contributed by atoms with Gasteiger partial charge in [0.2, 0.25) is 0 Å². The van der Waals surface area contributed by atoms with Crippen molar-refractivity contribution >= 4 is 12.6 Å². The standard InChI is InChI=1S/C39H59N3S/c43-37-18-10-8-15-32(37)29-21-24-34-33-16-7-9-17-35(33)42(36(34)25-29)31-22-19-28(20-23-31)38-39(41-38,30-13-5-2-6-14-30)40-26-27-11-3-1-4-12-27/h5,9,13-14,17,24,27-29,31-33,35-38,40-41,43H,1-4,6-8,10-12,15-16,18-23,25-26H2/t28?,29?,31?,32?,33?,35?,36?,37?,38?,39-/m1/s1. The number of likely N-dealkylation sites (tertiary alicyclic amines) is 1. The Balaban J connectivity index is 0.955. The molecule has 8 aliphatic rings. The number of nitrogens with zero attached hydrogens (tertiary/aromatic N) is 1. The molecule has 0 aromatic heterocycles. The van der Waals surface area contributed by atoms with Crippen molar-refractivity contribution in [2.75, 3.05) is 6.54 Å². The molecule has 2 aliphatic heterocycles. The van der Waals surface area contributed by atoms with Crippen LogP contribution in [0.25, 0.3) is 0 Å². The van der Waals surface area contributed by atoms with Gasteiger partial charge < -0.3 is 0 Å². The molecule has 6 aliphatic carbocycles. The predicted octanol–water partition coefficient (Wildman–Crippen LogP) is 8.50.